The molecule has 0 bridgehead atoms. The first-order chi connectivity index (χ1) is 18.6. The molecule has 0 unspecified atom stereocenters. The van der Waals surface area contributed by atoms with Crippen LogP contribution < -0.4 is 9.47 Å². The van der Waals surface area contributed by atoms with Crippen LogP contribution in [0.1, 0.15) is 30.5 Å². The van der Waals surface area contributed by atoms with E-state index in [0.29, 0.717) is 24.0 Å². The molecular formula is C34H33NO3. The molecular weight excluding hydrogens is 470 g/mol. The molecule has 1 amide bonds. The molecule has 0 N–H and O–H groups in total. The van der Waals surface area contributed by atoms with Gasteiger partial charge in [0.05, 0.1) is 20.3 Å². The van der Waals surface area contributed by atoms with Crippen LogP contribution in [0, 0.1) is 17.8 Å². The zero-order valence-electron chi connectivity index (χ0n) is 22.1. The zero-order valence-corrected chi connectivity index (χ0v) is 22.1. The number of carbonyl (C=O) groups excluding carboxylic acids is 1. The lowest BCUT2D eigenvalue weighted by Crippen LogP contribution is -2.30. The minimum absolute atomic E-state index is 0.0153. The Kier molecular flexibility index (Phi) is 6.40. The standard InChI is InChI=1S/C34H33NO3/c1-22-10-9-15-27-31(22)34(36)35(21-23-11-5-4-6-12-23)33(27)28-18-16-24-13-7-8-14-26(24)32(28)25-17-19-29(37-2)30(20-25)38-3/h4-9,11-20,22,27,31,33H,10,21H2,1-3H3/t22-,27+,31+,33+/m0/s1. The van der Waals surface area contributed by atoms with Crippen LogP contribution in [0.5, 0.6) is 11.5 Å². The first kappa shape index (κ1) is 24.3. The molecule has 1 saturated heterocycles. The number of likely N-dealkylation sites (tertiary alicyclic amines) is 1. The smallest absolute Gasteiger partial charge is 0.227 e. The molecule has 4 heteroatoms. The molecule has 1 heterocycles. The predicted octanol–water partition coefficient (Wildman–Crippen LogP) is 7.44. The largest absolute Gasteiger partial charge is 0.493 e. The van der Waals surface area contributed by atoms with E-state index in [9.17, 15) is 4.79 Å². The molecule has 1 fully saturated rings. The molecule has 6 rings (SSSR count). The van der Waals surface area contributed by atoms with E-state index in [0.717, 1.165) is 23.1 Å². The van der Waals surface area contributed by atoms with Crippen LogP contribution in [0.25, 0.3) is 21.9 Å². The quantitative estimate of drug-likeness (QED) is 0.257. The molecule has 0 aromatic heterocycles. The van der Waals surface area contributed by atoms with Gasteiger partial charge in [-0.3, -0.25) is 4.79 Å². The Bertz CT molecular complexity index is 1510. The number of nitrogens with zero attached hydrogens (tertiary/aromatic N) is 1. The first-order valence-corrected chi connectivity index (χ1v) is 13.4. The minimum atomic E-state index is -0.0700. The number of amides is 1. The van der Waals surface area contributed by atoms with Gasteiger partial charge in [0.15, 0.2) is 11.5 Å². The van der Waals surface area contributed by atoms with Crippen LogP contribution in [-0.2, 0) is 11.3 Å². The van der Waals surface area contributed by atoms with Crippen molar-refractivity contribution in [3.63, 3.8) is 0 Å². The van der Waals surface area contributed by atoms with Gasteiger partial charge in [-0.2, -0.15) is 0 Å². The van der Waals surface area contributed by atoms with Crippen LogP contribution >= 0.6 is 0 Å². The first-order valence-electron chi connectivity index (χ1n) is 13.4. The fourth-order valence-corrected chi connectivity index (χ4v) is 6.52. The van der Waals surface area contributed by atoms with E-state index in [-0.39, 0.29) is 23.8 Å². The van der Waals surface area contributed by atoms with E-state index >= 15 is 0 Å². The summed E-state index contributed by atoms with van der Waals surface area (Å²) in [5.74, 6) is 2.06. The van der Waals surface area contributed by atoms with Crippen molar-refractivity contribution in [2.24, 2.45) is 17.8 Å². The van der Waals surface area contributed by atoms with E-state index in [4.69, 9.17) is 9.47 Å². The molecule has 4 aromatic rings. The maximum absolute atomic E-state index is 14.1. The number of hydrogen-bond donors (Lipinski definition) is 0. The third kappa shape index (κ3) is 4.05. The van der Waals surface area contributed by atoms with E-state index in [1.54, 1.807) is 14.2 Å². The Morgan fingerprint density at radius 2 is 1.63 bits per heavy atom. The number of allylic oxidation sites excluding steroid dienone is 1. The fraction of sp³-hybridized carbons (Fsp3) is 0.265. The molecule has 0 spiro atoms. The van der Waals surface area contributed by atoms with Gasteiger partial charge in [0.2, 0.25) is 5.91 Å². The van der Waals surface area contributed by atoms with Crippen molar-refractivity contribution < 1.29 is 14.3 Å². The number of methoxy groups -OCH3 is 2. The summed E-state index contributed by atoms with van der Waals surface area (Å²) in [6.07, 6.45) is 5.51. The third-order valence-corrected chi connectivity index (χ3v) is 8.31. The Hall–Kier alpha value is -4.05. The summed E-state index contributed by atoms with van der Waals surface area (Å²) in [5, 5.41) is 2.34. The van der Waals surface area contributed by atoms with Crippen molar-refractivity contribution >= 4 is 16.7 Å². The molecule has 38 heavy (non-hydrogen) atoms. The molecule has 192 valence electrons. The van der Waals surface area contributed by atoms with Crippen molar-refractivity contribution in [3.8, 4) is 22.6 Å². The van der Waals surface area contributed by atoms with E-state index in [1.165, 1.54) is 16.3 Å². The number of benzene rings is 4. The summed E-state index contributed by atoms with van der Waals surface area (Å²) < 4.78 is 11.2. The van der Waals surface area contributed by atoms with Gasteiger partial charge in [-0.05, 0) is 57.5 Å². The Morgan fingerprint density at radius 3 is 2.42 bits per heavy atom. The van der Waals surface area contributed by atoms with Gasteiger partial charge in [0.25, 0.3) is 0 Å². The number of carbonyl (C=O) groups is 1. The summed E-state index contributed by atoms with van der Waals surface area (Å²) in [7, 11) is 3.32. The van der Waals surface area contributed by atoms with Gasteiger partial charge in [0, 0.05) is 18.4 Å². The zero-order chi connectivity index (χ0) is 26.2. The highest BCUT2D eigenvalue weighted by Gasteiger charge is 2.50. The third-order valence-electron chi connectivity index (χ3n) is 8.31. The van der Waals surface area contributed by atoms with E-state index in [1.807, 2.05) is 24.3 Å². The van der Waals surface area contributed by atoms with Gasteiger partial charge in [0.1, 0.15) is 0 Å². The maximum Gasteiger partial charge on any atom is 0.227 e. The summed E-state index contributed by atoms with van der Waals surface area (Å²) in [6.45, 7) is 2.81. The second kappa shape index (κ2) is 10.0. The Morgan fingerprint density at radius 1 is 0.868 bits per heavy atom. The van der Waals surface area contributed by atoms with Crippen LogP contribution in [0.15, 0.2) is 97.1 Å². The average molecular weight is 504 g/mol. The van der Waals surface area contributed by atoms with Crippen molar-refractivity contribution in [1.29, 1.82) is 0 Å². The van der Waals surface area contributed by atoms with Crippen molar-refractivity contribution in [1.82, 2.24) is 4.90 Å². The SMILES string of the molecule is COc1ccc(-c2c([C@H]3[C@@H]4C=CC[C@H](C)[C@H]4C(=O)N3Cc3ccccc3)ccc3ccccc23)cc1OC. The average Bonchev–Trinajstić information content (AvgIpc) is 3.24. The lowest BCUT2D eigenvalue weighted by Gasteiger charge is -2.31. The highest BCUT2D eigenvalue weighted by molar-refractivity contribution is 5.99. The molecule has 4 nitrogen and oxygen atoms in total. The fourth-order valence-electron chi connectivity index (χ4n) is 6.52. The number of rotatable bonds is 6. The number of fused-ring (bicyclic) bond motifs is 2. The van der Waals surface area contributed by atoms with Gasteiger partial charge >= 0.3 is 0 Å². The van der Waals surface area contributed by atoms with Crippen LogP contribution in [0.2, 0.25) is 0 Å². The summed E-state index contributed by atoms with van der Waals surface area (Å²) in [4.78, 5) is 16.2. The minimum Gasteiger partial charge on any atom is -0.493 e. The van der Waals surface area contributed by atoms with Gasteiger partial charge < -0.3 is 14.4 Å². The molecule has 4 aromatic carbocycles. The van der Waals surface area contributed by atoms with Crippen LogP contribution in [-0.4, -0.2) is 25.0 Å². The van der Waals surface area contributed by atoms with Gasteiger partial charge in [-0.25, -0.2) is 0 Å². The summed E-state index contributed by atoms with van der Waals surface area (Å²) in [5.41, 5.74) is 4.52. The molecule has 1 aliphatic carbocycles. The molecule has 0 radical (unpaired) electrons. The van der Waals surface area contributed by atoms with Crippen molar-refractivity contribution in [3.05, 3.63) is 108 Å². The van der Waals surface area contributed by atoms with E-state index in [2.05, 4.69) is 84.6 Å². The maximum atomic E-state index is 14.1. The van der Waals surface area contributed by atoms with Gasteiger partial charge in [-0.15, -0.1) is 0 Å². The van der Waals surface area contributed by atoms with Gasteiger partial charge in [-0.1, -0.05) is 91.9 Å². The van der Waals surface area contributed by atoms with Crippen molar-refractivity contribution in [2.75, 3.05) is 14.2 Å². The normalized spacial score (nSPS) is 22.5. The molecule has 4 atom stereocenters. The summed E-state index contributed by atoms with van der Waals surface area (Å²) in [6, 6.07) is 29.3. The highest BCUT2D eigenvalue weighted by Crippen LogP contribution is 2.52. The molecule has 0 saturated carbocycles. The van der Waals surface area contributed by atoms with Crippen LogP contribution in [0.4, 0.5) is 0 Å². The topological polar surface area (TPSA) is 38.8 Å². The number of hydrogen-bond acceptors (Lipinski definition) is 3. The molecule has 1 aliphatic heterocycles. The van der Waals surface area contributed by atoms with Crippen LogP contribution in [0.3, 0.4) is 0 Å². The summed E-state index contributed by atoms with van der Waals surface area (Å²) >= 11 is 0. The Balaban J connectivity index is 1.58. The predicted molar refractivity (Wildman–Crippen MR) is 152 cm³/mol. The lowest BCUT2D eigenvalue weighted by atomic mass is 9.74. The molecule has 2 aliphatic rings. The van der Waals surface area contributed by atoms with Crippen molar-refractivity contribution in [2.45, 2.75) is 25.9 Å². The second-order valence-electron chi connectivity index (χ2n) is 10.5. The Labute approximate surface area is 224 Å². The number of ether oxygens (including phenoxy) is 2. The van der Waals surface area contributed by atoms with E-state index < -0.39 is 0 Å². The second-order valence-corrected chi connectivity index (χ2v) is 10.5. The highest BCUT2D eigenvalue weighted by atomic mass is 16.5. The monoisotopic (exact) mass is 503 g/mol. The lowest BCUT2D eigenvalue weighted by molar-refractivity contribution is -0.134.